The maximum absolute atomic E-state index is 15.2. The monoisotopic (exact) mass is 1740 g/mol. The highest BCUT2D eigenvalue weighted by atomic mass is 35.6. The van der Waals surface area contributed by atoms with Gasteiger partial charge in [-0.15, -0.1) is 0 Å². The van der Waals surface area contributed by atoms with Gasteiger partial charge < -0.3 is 93.8 Å². The molecule has 11 unspecified atom stereocenters. The molecule has 7 aliphatic rings. The Kier molecular flexibility index (Phi) is 33.2. The molecule has 0 saturated carbocycles. The highest BCUT2D eigenvalue weighted by molar-refractivity contribution is 6.76. The van der Waals surface area contributed by atoms with Gasteiger partial charge in [0, 0.05) is 29.7 Å². The van der Waals surface area contributed by atoms with Crippen LogP contribution >= 0.6 is 34.8 Å². The second kappa shape index (κ2) is 39.5. The van der Waals surface area contributed by atoms with Crippen molar-refractivity contribution in [3.05, 3.63) is 71.8 Å². The van der Waals surface area contributed by atoms with E-state index in [1.807, 2.05) is 81.4 Å². The van der Waals surface area contributed by atoms with Crippen molar-refractivity contribution in [1.29, 1.82) is 5.41 Å². The van der Waals surface area contributed by atoms with E-state index in [2.05, 4.69) is 150 Å². The molecule has 662 valence electrons. The molecule has 29 heteroatoms. The van der Waals surface area contributed by atoms with Crippen LogP contribution in [0.25, 0.3) is 0 Å². The van der Waals surface area contributed by atoms with Crippen LogP contribution in [0.5, 0.6) is 0 Å². The van der Waals surface area contributed by atoms with Gasteiger partial charge in [0.15, 0.2) is 62.2 Å². The van der Waals surface area contributed by atoms with Crippen molar-refractivity contribution in [3.8, 4) is 0 Å². The summed E-state index contributed by atoms with van der Waals surface area (Å²) in [6, 6.07) is 19.8. The third kappa shape index (κ3) is 23.8. The van der Waals surface area contributed by atoms with Gasteiger partial charge in [-0.3, -0.25) is 15.0 Å². The summed E-state index contributed by atoms with van der Waals surface area (Å²) in [7, 11) is -7.37. The molecule has 0 amide bonds. The van der Waals surface area contributed by atoms with Crippen LogP contribution in [0.4, 0.5) is 0 Å². The molecule has 0 aliphatic carbocycles. The average Bonchev–Trinajstić information content (AvgIpc) is 1.58. The SMILES string of the molecule is CC[C@@H]1O[C@@H](O[C@@H](C[C@@H](CC(=O)O[C@@H](C[C@@H](CC(=O)O[C@H]2C(C)O[C@H](OC(=N)C(Cl)(Cl)Cl)C(O[C@@H]3OC(C)[C@H](O[C@@H]4OC[C@@H](OCc5ccccc5)C(O[C@@H]5OC[C@]6(CC)O[C@@H](c7ccccc7)OC56)C4C)C4OC(C)(C)OC43)C2C)O[Si](C)(C)C(C)(C)C)[C@@H](C)CC)O[Si](C)(C)C(C)(C)C)[C@@H](C)CC)C(C)C1O[Si](C)(C)C(C)(C)C. The van der Waals surface area contributed by atoms with Gasteiger partial charge in [0.25, 0.3) is 3.79 Å². The average molecular weight is 1750 g/mol. The van der Waals surface area contributed by atoms with E-state index in [1.165, 1.54) is 0 Å². The Hall–Kier alpha value is -2.31. The molecule has 0 aromatic heterocycles. The molecular weight excluding hydrogens is 1600 g/mol. The summed E-state index contributed by atoms with van der Waals surface area (Å²) in [4.78, 5) is 30.3. The molecule has 2 aromatic carbocycles. The maximum Gasteiger partial charge on any atom is 0.308 e. The largest absolute Gasteiger partial charge is 0.462 e. The van der Waals surface area contributed by atoms with Gasteiger partial charge in [-0.2, -0.15) is 0 Å². The molecule has 9 rings (SSSR count). The van der Waals surface area contributed by atoms with E-state index < -0.39 is 187 Å². The lowest BCUT2D eigenvalue weighted by atomic mass is 9.90. The highest BCUT2D eigenvalue weighted by Gasteiger charge is 2.63. The van der Waals surface area contributed by atoms with E-state index in [0.29, 0.717) is 25.9 Å². The lowest BCUT2D eigenvalue weighted by Gasteiger charge is -2.48. The normalized spacial score (nSPS) is 34.3. The van der Waals surface area contributed by atoms with E-state index >= 15 is 9.59 Å². The first-order chi connectivity index (χ1) is 53.9. The molecule has 1 N–H and O–H groups in total. The van der Waals surface area contributed by atoms with Gasteiger partial charge in [-0.05, 0) is 119 Å². The Bertz CT molecular complexity index is 3460. The number of benzene rings is 2. The molecule has 2 aromatic rings. The molecule has 7 saturated heterocycles. The Morgan fingerprint density at radius 2 is 1.09 bits per heavy atom. The van der Waals surface area contributed by atoms with Crippen molar-refractivity contribution in [2.45, 2.75) is 415 Å². The van der Waals surface area contributed by atoms with Crippen LogP contribution in [0.1, 0.15) is 221 Å². The molecule has 7 aliphatic heterocycles. The minimum Gasteiger partial charge on any atom is -0.462 e. The predicted octanol–water partition coefficient (Wildman–Crippen LogP) is 19.2. The summed E-state index contributed by atoms with van der Waals surface area (Å²) in [5, 5.41) is 8.37. The maximum atomic E-state index is 15.2. The van der Waals surface area contributed by atoms with Gasteiger partial charge in [-0.1, -0.05) is 233 Å². The van der Waals surface area contributed by atoms with Gasteiger partial charge in [0.1, 0.15) is 54.4 Å². The Balaban J connectivity index is 0.926. The second-order valence-electron chi connectivity index (χ2n) is 39.0. The van der Waals surface area contributed by atoms with Gasteiger partial charge in [-0.25, -0.2) is 0 Å². The summed E-state index contributed by atoms with van der Waals surface area (Å²) in [6.45, 7) is 59.6. The number of ether oxygens (including phenoxy) is 17. The fourth-order valence-electron chi connectivity index (χ4n) is 15.8. The Labute approximate surface area is 712 Å². The van der Waals surface area contributed by atoms with Crippen LogP contribution in [0, 0.1) is 35.0 Å². The number of esters is 2. The molecular formula is C87H144Cl3NO22Si3. The number of carbonyl (C=O) groups excluding carboxylic acids is 2. The van der Waals surface area contributed by atoms with Crippen LogP contribution < -0.4 is 0 Å². The third-order valence-corrected chi connectivity index (χ3v) is 40.7. The van der Waals surface area contributed by atoms with E-state index in [9.17, 15) is 0 Å². The van der Waals surface area contributed by atoms with E-state index in [0.717, 1.165) is 24.0 Å². The summed E-state index contributed by atoms with van der Waals surface area (Å²) in [5.74, 6) is -4.26. The standard InChI is InChI=1S/C87H144Cl3NO22Si3/c1-29-50(5)62(99-65(92)45-60(112-115(25,26)83(15,16)17)44-63(51(6)30-2)101-76-54(9)69(61(31-3)100-76)113-116(27,28)84(18,19)20)43-59(111-114(23,24)82(12,13)14)46-66(93)102-67-52(7)70(78(97-55(67)10)107-81(91)87(88,89)90)104-79-73-72(108-85(21,22)109-73)71(56(11)98-79)105-75-53(8)68(64(48-95-75)94-47-57-39-35-33-36-40-57)103-80-74-86(32-4,49-96-80)110-77(106-74)58-41-37-34-38-42-58/h33-42,50-56,59-64,67-80,91H,29-32,43-49H2,1-28H3/t50-,51-,52?,53?,54?,55?,56?,59-,60-,61-,62-,63-,64+,67+,68?,69?,70?,71-,72?,73?,74?,75-,76-,77-,78+,79-,80-,86-/m0/s1. The van der Waals surface area contributed by atoms with Crippen LogP contribution in [0.15, 0.2) is 60.7 Å². The third-order valence-electron chi connectivity index (χ3n) is 26.6. The number of rotatable bonds is 35. The number of nitrogens with one attached hydrogen (secondary N) is 1. The van der Waals surface area contributed by atoms with Crippen molar-refractivity contribution >= 4 is 77.6 Å². The molecule has 7 fully saturated rings. The highest BCUT2D eigenvalue weighted by Crippen LogP contribution is 2.51. The molecule has 0 spiro atoms. The summed E-state index contributed by atoms with van der Waals surface area (Å²) >= 11 is 19.0. The van der Waals surface area contributed by atoms with Crippen LogP contribution in [-0.2, 0) is 110 Å². The minimum atomic E-state index is -2.68. The molecule has 23 nitrogen and oxygen atoms in total. The number of hydrogen-bond acceptors (Lipinski definition) is 23. The minimum absolute atomic E-state index is 0.0131. The van der Waals surface area contributed by atoms with E-state index in [1.54, 1.807) is 20.8 Å². The molecule has 7 heterocycles. The number of fused-ring (bicyclic) bond motifs is 2. The molecule has 0 radical (unpaired) electrons. The lowest BCUT2D eigenvalue weighted by Crippen LogP contribution is -2.63. The van der Waals surface area contributed by atoms with Crippen molar-refractivity contribution < 1.29 is 103 Å². The summed E-state index contributed by atoms with van der Waals surface area (Å²) in [5.41, 5.74) is 1.13. The second-order valence-corrected chi connectivity index (χ2v) is 55.5. The quantitative estimate of drug-likeness (QED) is 0.0222. The lowest BCUT2D eigenvalue weighted by molar-refractivity contribution is -0.357. The fourth-order valence-corrected chi connectivity index (χ4v) is 20.0. The van der Waals surface area contributed by atoms with Gasteiger partial charge >= 0.3 is 11.9 Å². The molecule has 0 bridgehead atoms. The summed E-state index contributed by atoms with van der Waals surface area (Å²) in [6.07, 6.45) is -12.9. The zero-order valence-corrected chi connectivity index (χ0v) is 80.0. The van der Waals surface area contributed by atoms with E-state index in [-0.39, 0.29) is 83.7 Å². The topological polar surface area (TPSA) is 243 Å². The Morgan fingerprint density at radius 1 is 0.569 bits per heavy atom. The first-order valence-corrected chi connectivity index (χ1v) is 52.7. The van der Waals surface area contributed by atoms with E-state index in [4.69, 9.17) is 134 Å². The zero-order chi connectivity index (χ0) is 86.0. The van der Waals surface area contributed by atoms with Crippen LogP contribution in [0.3, 0.4) is 0 Å². The number of halogens is 3. The van der Waals surface area contributed by atoms with Crippen molar-refractivity contribution in [2.75, 3.05) is 13.2 Å². The molecule has 116 heavy (non-hydrogen) atoms. The smallest absolute Gasteiger partial charge is 0.308 e. The first kappa shape index (κ1) is 97.5. The number of carbonyl (C=O) groups is 2. The number of hydrogen-bond donors (Lipinski definition) is 1. The Morgan fingerprint density at radius 3 is 1.66 bits per heavy atom. The van der Waals surface area contributed by atoms with Gasteiger partial charge in [0.05, 0.1) is 81.5 Å². The van der Waals surface area contributed by atoms with Crippen LogP contribution in [0.2, 0.25) is 54.4 Å². The van der Waals surface area contributed by atoms with Gasteiger partial charge in [0.2, 0.25) is 12.2 Å². The zero-order valence-electron chi connectivity index (χ0n) is 74.8. The van der Waals surface area contributed by atoms with Crippen molar-refractivity contribution in [3.63, 3.8) is 0 Å². The predicted molar refractivity (Wildman–Crippen MR) is 454 cm³/mol. The summed E-state index contributed by atoms with van der Waals surface area (Å²) < 4.78 is 134. The molecule has 28 atom stereocenters. The first-order valence-electron chi connectivity index (χ1n) is 42.8. The fraction of sp³-hybridized carbons (Fsp3) is 0.828. The number of alkyl halides is 3. The van der Waals surface area contributed by atoms with Crippen LogP contribution in [-0.4, -0.2) is 200 Å². The van der Waals surface area contributed by atoms with Crippen molar-refractivity contribution in [1.82, 2.24) is 0 Å². The van der Waals surface area contributed by atoms with Crippen molar-refractivity contribution in [2.24, 2.45) is 29.6 Å².